The lowest BCUT2D eigenvalue weighted by Crippen LogP contribution is -3.07. The van der Waals surface area contributed by atoms with Gasteiger partial charge in [-0.3, -0.25) is 14.9 Å². The molecule has 5 heterocycles. The molecule has 2 aliphatic heterocycles. The number of nitrogens with zero attached hydrogens (tertiary/aromatic N) is 4. The van der Waals surface area contributed by atoms with E-state index in [1.807, 2.05) is 19.1 Å². The van der Waals surface area contributed by atoms with Crippen molar-refractivity contribution in [1.82, 2.24) is 25.4 Å². The number of aromatic nitrogens is 3. The molecule has 11 nitrogen and oxygen atoms in total. The molecule has 2 atom stereocenters. The maximum atomic E-state index is 13.5. The number of carbonyl (C=O) groups excluding carboxylic acids is 3. The van der Waals surface area contributed by atoms with Gasteiger partial charge in [0.25, 0.3) is 5.91 Å². The zero-order valence-electron chi connectivity index (χ0n) is 21.6. The molecule has 40 heavy (non-hydrogen) atoms. The van der Waals surface area contributed by atoms with Gasteiger partial charge in [-0.25, -0.2) is 9.78 Å². The highest BCUT2D eigenvalue weighted by atomic mass is 32.1. The van der Waals surface area contributed by atoms with Gasteiger partial charge in [0.15, 0.2) is 5.69 Å². The van der Waals surface area contributed by atoms with Crippen LogP contribution in [0.25, 0.3) is 10.2 Å². The third-order valence-corrected chi connectivity index (χ3v) is 8.11. The summed E-state index contributed by atoms with van der Waals surface area (Å²) < 4.78 is 5.80. The number of hydrogen-bond acceptors (Lipinski definition) is 8. The molecule has 3 aromatic heterocycles. The highest BCUT2D eigenvalue weighted by Crippen LogP contribution is 2.40. The number of aryl methyl sites for hydroxylation is 1. The van der Waals surface area contributed by atoms with Gasteiger partial charge >= 0.3 is 6.03 Å². The van der Waals surface area contributed by atoms with Crippen LogP contribution in [0.4, 0.5) is 21.9 Å². The molecular weight excluding hydrogens is 530 g/mol. The average molecular weight is 557 g/mol. The number of rotatable bonds is 6. The van der Waals surface area contributed by atoms with Crippen molar-refractivity contribution >= 4 is 56.5 Å². The number of quaternary nitrogens is 1. The molecule has 1 fully saturated rings. The van der Waals surface area contributed by atoms with E-state index in [0.29, 0.717) is 50.7 Å². The van der Waals surface area contributed by atoms with Crippen LogP contribution in [-0.2, 0) is 4.79 Å². The second kappa shape index (κ2) is 10.5. The van der Waals surface area contributed by atoms with E-state index >= 15 is 0 Å². The summed E-state index contributed by atoms with van der Waals surface area (Å²) in [5.74, 6) is 0.496. The molecule has 1 aromatic carbocycles. The van der Waals surface area contributed by atoms with E-state index in [-0.39, 0.29) is 23.9 Å². The first-order valence-electron chi connectivity index (χ1n) is 12.8. The van der Waals surface area contributed by atoms with Crippen molar-refractivity contribution in [3.63, 3.8) is 0 Å². The number of thiophene rings is 1. The molecule has 2 aliphatic rings. The quantitative estimate of drug-likeness (QED) is 0.310. The standard InChI is InChI=1S/C28H25N7O4S/c1-3-22(36)34-13-5-6-17(15-34)31-26(37)25-24-23-20(10-12-29-27(23)40-25)35(28(38)32-24)19-9-8-18(14-16(19)2)39-21-7-4-11-30-33-21/h3-4,7-12,14,17H,1,5-6,13,15H2,2H3,(H,31,37)(H,32,38)/p+1/t17-/m1/s1. The van der Waals surface area contributed by atoms with E-state index in [1.165, 1.54) is 17.4 Å². The van der Waals surface area contributed by atoms with Crippen LogP contribution in [0.2, 0.25) is 0 Å². The molecule has 0 aliphatic carbocycles. The Bertz CT molecular complexity index is 1660. The van der Waals surface area contributed by atoms with Gasteiger partial charge < -0.3 is 15.0 Å². The maximum absolute atomic E-state index is 13.5. The van der Waals surface area contributed by atoms with Crippen molar-refractivity contribution in [2.24, 2.45) is 0 Å². The van der Waals surface area contributed by atoms with Crippen molar-refractivity contribution in [1.29, 1.82) is 0 Å². The first-order chi connectivity index (χ1) is 19.4. The molecule has 0 bridgehead atoms. The Hall–Kier alpha value is -4.68. The Morgan fingerprint density at radius 3 is 2.90 bits per heavy atom. The van der Waals surface area contributed by atoms with Gasteiger partial charge in [-0.15, -0.1) is 16.4 Å². The highest BCUT2D eigenvalue weighted by Gasteiger charge is 2.38. The Morgan fingerprint density at radius 2 is 2.12 bits per heavy atom. The number of nitrogens with one attached hydrogen (secondary N) is 3. The minimum Gasteiger partial charge on any atom is -0.438 e. The lowest BCUT2D eigenvalue weighted by Gasteiger charge is -2.32. The summed E-state index contributed by atoms with van der Waals surface area (Å²) in [4.78, 5) is 46.7. The number of carbonyl (C=O) groups is 3. The van der Waals surface area contributed by atoms with Crippen molar-refractivity contribution < 1.29 is 24.0 Å². The normalized spacial score (nSPS) is 18.2. The summed E-state index contributed by atoms with van der Waals surface area (Å²) >= 11 is 1.24. The van der Waals surface area contributed by atoms with Gasteiger partial charge in [-0.2, -0.15) is 10.00 Å². The minimum atomic E-state index is -0.307. The second-order valence-corrected chi connectivity index (χ2v) is 10.6. The summed E-state index contributed by atoms with van der Waals surface area (Å²) in [6, 6.07) is 10.2. The summed E-state index contributed by atoms with van der Waals surface area (Å²) in [5.41, 5.74) is 2.76. The Balaban J connectivity index is 1.29. The predicted molar refractivity (Wildman–Crippen MR) is 149 cm³/mol. The molecule has 12 heteroatoms. The average Bonchev–Trinajstić information content (AvgIpc) is 3.33. The van der Waals surface area contributed by atoms with Gasteiger partial charge in [-0.1, -0.05) is 6.58 Å². The topological polar surface area (TPSA) is 131 Å². The van der Waals surface area contributed by atoms with Crippen LogP contribution in [0.5, 0.6) is 11.6 Å². The number of urea groups is 1. The van der Waals surface area contributed by atoms with E-state index in [2.05, 4.69) is 32.4 Å². The van der Waals surface area contributed by atoms with Crippen LogP contribution in [0.1, 0.15) is 28.1 Å². The molecule has 3 N–H and O–H groups in total. The fraction of sp³-hybridized carbons (Fsp3) is 0.214. The zero-order valence-corrected chi connectivity index (χ0v) is 22.5. The van der Waals surface area contributed by atoms with Gasteiger partial charge in [0.05, 0.1) is 11.1 Å². The lowest BCUT2D eigenvalue weighted by atomic mass is 10.1. The summed E-state index contributed by atoms with van der Waals surface area (Å²) in [7, 11) is 0. The van der Waals surface area contributed by atoms with Gasteiger partial charge in [0.2, 0.25) is 11.8 Å². The molecule has 1 saturated heterocycles. The Labute approximate surface area is 233 Å². The zero-order chi connectivity index (χ0) is 27.8. The van der Waals surface area contributed by atoms with Crippen LogP contribution < -0.4 is 20.3 Å². The van der Waals surface area contributed by atoms with Crippen molar-refractivity contribution in [3.8, 4) is 11.6 Å². The lowest BCUT2D eigenvalue weighted by molar-refractivity contribution is -0.660. The number of hydrogen-bond donors (Lipinski definition) is 3. The van der Waals surface area contributed by atoms with Gasteiger partial charge in [0.1, 0.15) is 21.1 Å². The smallest absolute Gasteiger partial charge is 0.429 e. The number of anilines is 1. The molecule has 202 valence electrons. The summed E-state index contributed by atoms with van der Waals surface area (Å²) in [6.07, 6.45) is 6.05. The summed E-state index contributed by atoms with van der Waals surface area (Å²) in [5, 5.41) is 14.5. The molecule has 0 saturated carbocycles. The van der Waals surface area contributed by atoms with Crippen LogP contribution >= 0.6 is 11.3 Å². The molecule has 1 unspecified atom stereocenters. The largest absolute Gasteiger partial charge is 0.438 e. The third kappa shape index (κ3) is 4.67. The minimum absolute atomic E-state index is 0.149. The van der Waals surface area contributed by atoms with Gasteiger partial charge in [-0.05, 0) is 44.0 Å². The van der Waals surface area contributed by atoms with Crippen LogP contribution in [0.15, 0.2) is 61.4 Å². The highest BCUT2D eigenvalue weighted by molar-refractivity contribution is 7.21. The van der Waals surface area contributed by atoms with Crippen molar-refractivity contribution in [2.75, 3.05) is 18.4 Å². The first-order valence-corrected chi connectivity index (χ1v) is 13.6. The molecular formula is C28H26N7O4S+. The van der Waals surface area contributed by atoms with Crippen molar-refractivity contribution in [2.45, 2.75) is 25.8 Å². The SMILES string of the molecule is C=CC(=O)N1CCC[C@@H](NC(=O)c2sc3nccc4c3c2NC(=O)[NH+]4c2ccc(Oc3cccnn3)cc2C)C1. The number of pyridine rings is 1. The number of amides is 4. The van der Waals surface area contributed by atoms with E-state index in [4.69, 9.17) is 4.74 Å². The first kappa shape index (κ1) is 25.6. The second-order valence-electron chi connectivity index (χ2n) is 9.62. The fourth-order valence-corrected chi connectivity index (χ4v) is 6.22. The van der Waals surface area contributed by atoms with Crippen LogP contribution in [0, 0.1) is 6.92 Å². The third-order valence-electron chi connectivity index (χ3n) is 7.01. The molecule has 4 amide bonds. The maximum Gasteiger partial charge on any atom is 0.429 e. The van der Waals surface area contributed by atoms with E-state index in [9.17, 15) is 14.4 Å². The predicted octanol–water partition coefficient (Wildman–Crippen LogP) is 3.49. The number of piperidine rings is 1. The summed E-state index contributed by atoms with van der Waals surface area (Å²) in [6.45, 7) is 6.52. The Kier molecular flexibility index (Phi) is 6.70. The van der Waals surface area contributed by atoms with E-state index in [1.54, 1.807) is 41.6 Å². The van der Waals surface area contributed by atoms with E-state index < -0.39 is 0 Å². The molecule has 6 rings (SSSR count). The number of benzene rings is 1. The Morgan fingerprint density at radius 1 is 1.25 bits per heavy atom. The van der Waals surface area contributed by atoms with E-state index in [0.717, 1.165) is 29.5 Å². The molecule has 0 radical (unpaired) electrons. The van der Waals surface area contributed by atoms with Crippen LogP contribution in [-0.4, -0.2) is 57.1 Å². The molecule has 4 aromatic rings. The molecule has 0 spiro atoms. The monoisotopic (exact) mass is 556 g/mol. The number of likely N-dealkylation sites (tertiary alicyclic amines) is 1. The van der Waals surface area contributed by atoms with Crippen molar-refractivity contribution in [3.05, 3.63) is 71.9 Å². The fourth-order valence-electron chi connectivity index (χ4n) is 5.19. The van der Waals surface area contributed by atoms with Gasteiger partial charge in [0, 0.05) is 55.3 Å². The van der Waals surface area contributed by atoms with Crippen LogP contribution in [0.3, 0.4) is 0 Å². The number of ether oxygens (including phenoxy) is 1.